The molecule has 0 unspecified atom stereocenters. The smallest absolute Gasteiger partial charge is 0.260 e. The van der Waals surface area contributed by atoms with Gasteiger partial charge >= 0.3 is 0 Å². The maximum atomic E-state index is 13.5. The summed E-state index contributed by atoms with van der Waals surface area (Å²) < 4.78 is 31.3. The van der Waals surface area contributed by atoms with E-state index in [1.807, 2.05) is 6.07 Å². The molecule has 0 saturated carbocycles. The molecule has 2 aromatic carbocycles. The maximum absolute atomic E-state index is 13.5. The van der Waals surface area contributed by atoms with E-state index in [0.29, 0.717) is 37.4 Å². The lowest BCUT2D eigenvalue weighted by atomic mass is 9.85. The summed E-state index contributed by atoms with van der Waals surface area (Å²) in [6.07, 6.45) is 3.25. The number of phenolic OH excluding ortho intramolecular Hbond substituents is 1. The monoisotopic (exact) mass is 550 g/mol. The second-order valence-electron chi connectivity index (χ2n) is 11.1. The standard InChI is InChI=1S/C29H34N4O5S/c1-29(2,3)20-5-7-22(26(16-20)32-11-13-38-14-12-32)24-15-19-9-10-33(28(35)23(19)18-30-24)21-6-8-27(34)25(17-21)31-39(4,36)37/h5-8,15-18,31,34H,9-14H2,1-4H3. The van der Waals surface area contributed by atoms with Crippen LogP contribution in [-0.2, 0) is 26.6 Å². The van der Waals surface area contributed by atoms with E-state index in [-0.39, 0.29) is 22.8 Å². The van der Waals surface area contributed by atoms with Crippen LogP contribution in [0.4, 0.5) is 17.1 Å². The van der Waals surface area contributed by atoms with Gasteiger partial charge < -0.3 is 19.6 Å². The average Bonchev–Trinajstić information content (AvgIpc) is 2.89. The number of hydrogen-bond donors (Lipinski definition) is 2. The van der Waals surface area contributed by atoms with Crippen LogP contribution in [0.2, 0.25) is 0 Å². The van der Waals surface area contributed by atoms with E-state index in [0.717, 1.165) is 41.9 Å². The van der Waals surface area contributed by atoms with Crippen LogP contribution in [0.3, 0.4) is 0 Å². The zero-order chi connectivity index (χ0) is 27.9. The predicted octanol–water partition coefficient (Wildman–Crippen LogP) is 4.16. The molecule has 1 amide bonds. The van der Waals surface area contributed by atoms with Crippen LogP contribution >= 0.6 is 0 Å². The highest BCUT2D eigenvalue weighted by Gasteiger charge is 2.28. The number of aromatic nitrogens is 1. The minimum Gasteiger partial charge on any atom is -0.506 e. The summed E-state index contributed by atoms with van der Waals surface area (Å²) in [4.78, 5) is 22.1. The van der Waals surface area contributed by atoms with E-state index in [1.54, 1.807) is 17.2 Å². The fourth-order valence-electron chi connectivity index (χ4n) is 5.02. The molecule has 2 N–H and O–H groups in total. The first-order valence-electron chi connectivity index (χ1n) is 13.0. The Kier molecular flexibility index (Phi) is 7.02. The van der Waals surface area contributed by atoms with Crippen molar-refractivity contribution < 1.29 is 23.1 Å². The lowest BCUT2D eigenvalue weighted by Crippen LogP contribution is -2.38. The van der Waals surface area contributed by atoms with Crippen molar-refractivity contribution in [1.29, 1.82) is 0 Å². The number of anilines is 3. The van der Waals surface area contributed by atoms with Crippen LogP contribution in [0.15, 0.2) is 48.7 Å². The summed E-state index contributed by atoms with van der Waals surface area (Å²) in [7, 11) is -3.60. The Balaban J connectivity index is 1.48. The van der Waals surface area contributed by atoms with Crippen LogP contribution in [0, 0.1) is 0 Å². The highest BCUT2D eigenvalue weighted by atomic mass is 32.2. The van der Waals surface area contributed by atoms with Crippen molar-refractivity contribution in [2.75, 3.05) is 53.6 Å². The third kappa shape index (κ3) is 5.72. The van der Waals surface area contributed by atoms with Crippen molar-refractivity contribution in [3.63, 3.8) is 0 Å². The first-order chi connectivity index (χ1) is 18.4. The number of benzene rings is 2. The molecule has 0 atom stereocenters. The van der Waals surface area contributed by atoms with Gasteiger partial charge in [-0.05, 0) is 53.3 Å². The number of rotatable bonds is 5. The molecule has 9 nitrogen and oxygen atoms in total. The van der Waals surface area contributed by atoms with Crippen molar-refractivity contribution >= 4 is 33.0 Å². The van der Waals surface area contributed by atoms with Crippen molar-refractivity contribution in [3.05, 3.63) is 65.4 Å². The number of pyridine rings is 1. The van der Waals surface area contributed by atoms with Crippen molar-refractivity contribution in [2.24, 2.45) is 0 Å². The number of sulfonamides is 1. The number of amides is 1. The fourth-order valence-corrected chi connectivity index (χ4v) is 5.59. The van der Waals surface area contributed by atoms with Crippen molar-refractivity contribution in [1.82, 2.24) is 4.98 Å². The van der Waals surface area contributed by atoms with E-state index in [9.17, 15) is 18.3 Å². The molecule has 3 aromatic rings. The molecule has 39 heavy (non-hydrogen) atoms. The van der Waals surface area contributed by atoms with Gasteiger partial charge in [0.05, 0.1) is 36.4 Å². The first-order valence-corrected chi connectivity index (χ1v) is 14.9. The number of aromatic hydroxyl groups is 1. The second kappa shape index (κ2) is 10.2. The van der Waals surface area contributed by atoms with E-state index in [2.05, 4.69) is 48.6 Å². The number of ether oxygens (including phenoxy) is 1. The van der Waals surface area contributed by atoms with E-state index in [4.69, 9.17) is 9.72 Å². The van der Waals surface area contributed by atoms with Gasteiger partial charge in [-0.3, -0.25) is 14.5 Å². The average molecular weight is 551 g/mol. The zero-order valence-corrected chi connectivity index (χ0v) is 23.5. The highest BCUT2D eigenvalue weighted by Crippen LogP contribution is 2.37. The minimum atomic E-state index is -3.60. The van der Waals surface area contributed by atoms with Crippen LogP contribution in [-0.4, -0.2) is 63.5 Å². The van der Waals surface area contributed by atoms with E-state index >= 15 is 0 Å². The molecule has 10 heteroatoms. The van der Waals surface area contributed by atoms with E-state index in [1.165, 1.54) is 17.7 Å². The molecule has 206 valence electrons. The Hall–Kier alpha value is -3.63. The predicted molar refractivity (Wildman–Crippen MR) is 153 cm³/mol. The van der Waals surface area contributed by atoms with Gasteiger partial charge in [-0.1, -0.05) is 32.9 Å². The second-order valence-corrected chi connectivity index (χ2v) is 12.8. The van der Waals surface area contributed by atoms with Crippen LogP contribution in [0.1, 0.15) is 42.3 Å². The van der Waals surface area contributed by atoms with Gasteiger partial charge in [0.2, 0.25) is 10.0 Å². The molecule has 1 saturated heterocycles. The number of nitrogens with zero attached hydrogens (tertiary/aromatic N) is 3. The van der Waals surface area contributed by atoms with Gasteiger partial charge in [-0.2, -0.15) is 0 Å². The number of hydrogen-bond acceptors (Lipinski definition) is 7. The topological polar surface area (TPSA) is 112 Å². The van der Waals surface area contributed by atoms with Crippen LogP contribution < -0.4 is 14.5 Å². The maximum Gasteiger partial charge on any atom is 0.260 e. The minimum absolute atomic E-state index is 0.00363. The zero-order valence-electron chi connectivity index (χ0n) is 22.7. The van der Waals surface area contributed by atoms with Crippen LogP contribution in [0.5, 0.6) is 5.75 Å². The molecule has 1 aromatic heterocycles. The summed E-state index contributed by atoms with van der Waals surface area (Å²) >= 11 is 0. The van der Waals surface area contributed by atoms with Crippen LogP contribution in [0.25, 0.3) is 11.3 Å². The molecule has 2 aliphatic heterocycles. The van der Waals surface area contributed by atoms with Gasteiger partial charge in [0.15, 0.2) is 0 Å². The summed E-state index contributed by atoms with van der Waals surface area (Å²) in [5.74, 6) is -0.434. The van der Waals surface area contributed by atoms with Crippen molar-refractivity contribution in [3.8, 4) is 17.0 Å². The molecule has 3 heterocycles. The van der Waals surface area contributed by atoms with Gasteiger partial charge in [0.1, 0.15) is 5.75 Å². The quantitative estimate of drug-likeness (QED) is 0.459. The summed E-state index contributed by atoms with van der Waals surface area (Å²) in [6.45, 7) is 10.00. The number of carbonyl (C=O) groups excluding carboxylic acids is 1. The lowest BCUT2D eigenvalue weighted by molar-refractivity contribution is 0.0980. The van der Waals surface area contributed by atoms with Crippen molar-refractivity contribution in [2.45, 2.75) is 32.6 Å². The van der Waals surface area contributed by atoms with Gasteiger partial charge in [-0.25, -0.2) is 8.42 Å². The Bertz CT molecular complexity index is 1530. The summed E-state index contributed by atoms with van der Waals surface area (Å²) in [5, 5.41) is 10.1. The molecule has 0 bridgehead atoms. The van der Waals surface area contributed by atoms with E-state index < -0.39 is 10.0 Å². The highest BCUT2D eigenvalue weighted by molar-refractivity contribution is 7.92. The number of fused-ring (bicyclic) bond motifs is 1. The van der Waals surface area contributed by atoms with Gasteiger partial charge in [0, 0.05) is 42.8 Å². The largest absolute Gasteiger partial charge is 0.506 e. The fraction of sp³-hybridized carbons (Fsp3) is 0.379. The van der Waals surface area contributed by atoms with Gasteiger partial charge in [0.25, 0.3) is 5.91 Å². The molecular formula is C29H34N4O5S. The molecule has 0 spiro atoms. The molecule has 5 rings (SSSR count). The Morgan fingerprint density at radius 2 is 1.74 bits per heavy atom. The molecule has 0 aliphatic carbocycles. The third-order valence-corrected chi connectivity index (χ3v) is 7.74. The molecular weight excluding hydrogens is 516 g/mol. The number of carbonyl (C=O) groups is 1. The molecule has 0 radical (unpaired) electrons. The molecule has 2 aliphatic rings. The molecule has 1 fully saturated rings. The number of morpholine rings is 1. The third-order valence-electron chi connectivity index (χ3n) is 7.15. The lowest BCUT2D eigenvalue weighted by Gasteiger charge is -2.32. The Morgan fingerprint density at radius 1 is 1.00 bits per heavy atom. The number of phenols is 1. The van der Waals surface area contributed by atoms with Gasteiger partial charge in [-0.15, -0.1) is 0 Å². The Labute approximate surface area is 229 Å². The first kappa shape index (κ1) is 27.0. The summed E-state index contributed by atoms with van der Waals surface area (Å²) in [6, 6.07) is 13.0. The summed E-state index contributed by atoms with van der Waals surface area (Å²) in [5.41, 5.74) is 6.16. The Morgan fingerprint density at radius 3 is 2.44 bits per heavy atom. The normalized spacial score (nSPS) is 16.3. The SMILES string of the molecule is CC(C)(C)c1ccc(-c2cc3c(cn2)C(=O)N(c2ccc(O)c(NS(C)(=O)=O)c2)CC3)c(N2CCOCC2)c1. The number of nitrogens with one attached hydrogen (secondary N) is 1.